The number of rotatable bonds is 8. The van der Waals surface area contributed by atoms with Crippen LogP contribution in [0.1, 0.15) is 21.6 Å². The smallest absolute Gasteiger partial charge is 0.275 e. The Morgan fingerprint density at radius 3 is 2.38 bits per heavy atom. The molecule has 0 radical (unpaired) electrons. The van der Waals surface area contributed by atoms with Crippen LogP contribution in [0.4, 0.5) is 5.69 Å². The average molecular weight is 454 g/mol. The highest BCUT2D eigenvalue weighted by Gasteiger charge is 2.22. The van der Waals surface area contributed by atoms with Gasteiger partial charge in [0.2, 0.25) is 5.91 Å². The van der Waals surface area contributed by atoms with Gasteiger partial charge in [-0.15, -0.1) is 0 Å². The molecule has 6 nitrogen and oxygen atoms in total. The van der Waals surface area contributed by atoms with Gasteiger partial charge in [0.25, 0.3) is 5.91 Å². The van der Waals surface area contributed by atoms with E-state index in [9.17, 15) is 9.59 Å². The number of aromatic amines is 1. The second-order valence-corrected chi connectivity index (χ2v) is 8.01. The highest BCUT2D eigenvalue weighted by Crippen LogP contribution is 2.22. The minimum Gasteiger partial charge on any atom is -0.497 e. The van der Waals surface area contributed by atoms with Crippen molar-refractivity contribution in [3.8, 4) is 17.0 Å². The number of methoxy groups -OCH3 is 1. The Morgan fingerprint density at radius 2 is 1.68 bits per heavy atom. The summed E-state index contributed by atoms with van der Waals surface area (Å²) in [7, 11) is 1.61. The molecule has 2 N–H and O–H groups in total. The van der Waals surface area contributed by atoms with Crippen molar-refractivity contribution in [2.45, 2.75) is 13.5 Å². The van der Waals surface area contributed by atoms with Crippen molar-refractivity contribution in [1.82, 2.24) is 10.3 Å². The largest absolute Gasteiger partial charge is 0.497 e. The van der Waals surface area contributed by atoms with Gasteiger partial charge in [0, 0.05) is 17.9 Å². The fraction of sp³-hybridized carbons (Fsp3) is 0.143. The van der Waals surface area contributed by atoms with Gasteiger partial charge in [0.1, 0.15) is 18.0 Å². The first kappa shape index (κ1) is 22.9. The van der Waals surface area contributed by atoms with E-state index in [0.29, 0.717) is 17.9 Å². The van der Waals surface area contributed by atoms with Gasteiger partial charge in [-0.2, -0.15) is 0 Å². The Balaban J connectivity index is 1.51. The number of amides is 2. The number of aryl methyl sites for hydroxylation is 1. The highest BCUT2D eigenvalue weighted by molar-refractivity contribution is 6.08. The first-order valence-electron chi connectivity index (χ1n) is 11.1. The van der Waals surface area contributed by atoms with Crippen LogP contribution in [-0.2, 0) is 11.3 Å². The Bertz CT molecular complexity index is 1260. The van der Waals surface area contributed by atoms with Crippen molar-refractivity contribution in [3.63, 3.8) is 0 Å². The Kier molecular flexibility index (Phi) is 7.08. The summed E-state index contributed by atoms with van der Waals surface area (Å²) in [6.45, 7) is 2.22. The third-order valence-electron chi connectivity index (χ3n) is 5.51. The number of H-pyrrole nitrogens is 1. The number of aromatic nitrogens is 1. The van der Waals surface area contributed by atoms with Crippen LogP contribution in [0.2, 0.25) is 0 Å². The number of hydrogen-bond acceptors (Lipinski definition) is 3. The minimum atomic E-state index is -0.271. The van der Waals surface area contributed by atoms with Crippen LogP contribution in [0.3, 0.4) is 0 Å². The molecule has 0 fully saturated rings. The molecule has 0 saturated heterocycles. The summed E-state index contributed by atoms with van der Waals surface area (Å²) in [5.74, 6) is 0.236. The summed E-state index contributed by atoms with van der Waals surface area (Å²) in [5.41, 5.74) is 4.87. The van der Waals surface area contributed by atoms with E-state index in [2.05, 4.69) is 10.3 Å². The topological polar surface area (TPSA) is 74.4 Å². The van der Waals surface area contributed by atoms with Gasteiger partial charge in [-0.3, -0.25) is 14.5 Å². The molecule has 3 aromatic carbocycles. The summed E-state index contributed by atoms with van der Waals surface area (Å²) in [6, 6.07) is 28.5. The lowest BCUT2D eigenvalue weighted by Gasteiger charge is -2.22. The SMILES string of the molecule is COc1ccc(CNC(=O)CN(C(=O)c2ccc(-c3ccccc3)[nH]2)c2cccc(C)c2)cc1. The van der Waals surface area contributed by atoms with Crippen LogP contribution in [0.25, 0.3) is 11.3 Å². The lowest BCUT2D eigenvalue weighted by atomic mass is 10.2. The van der Waals surface area contributed by atoms with Crippen LogP contribution >= 0.6 is 0 Å². The van der Waals surface area contributed by atoms with Crippen LogP contribution in [0, 0.1) is 6.92 Å². The molecule has 4 aromatic rings. The number of benzene rings is 3. The zero-order valence-corrected chi connectivity index (χ0v) is 19.2. The molecular weight excluding hydrogens is 426 g/mol. The molecule has 1 aromatic heterocycles. The third kappa shape index (κ3) is 5.53. The van der Waals surface area contributed by atoms with Gasteiger partial charge >= 0.3 is 0 Å². The number of anilines is 1. The predicted molar refractivity (Wildman–Crippen MR) is 134 cm³/mol. The number of nitrogens with one attached hydrogen (secondary N) is 2. The fourth-order valence-electron chi connectivity index (χ4n) is 3.67. The molecule has 34 heavy (non-hydrogen) atoms. The molecule has 172 valence electrons. The first-order chi connectivity index (χ1) is 16.5. The Labute approximate surface area is 199 Å². The second kappa shape index (κ2) is 10.5. The zero-order valence-electron chi connectivity index (χ0n) is 19.2. The van der Waals surface area contributed by atoms with Gasteiger partial charge in [0.05, 0.1) is 7.11 Å². The van der Waals surface area contributed by atoms with E-state index < -0.39 is 0 Å². The van der Waals surface area contributed by atoms with E-state index in [1.54, 1.807) is 13.2 Å². The van der Waals surface area contributed by atoms with Crippen molar-refractivity contribution < 1.29 is 14.3 Å². The molecule has 0 spiro atoms. The molecule has 4 rings (SSSR count). The summed E-state index contributed by atoms with van der Waals surface area (Å²) < 4.78 is 5.17. The molecular formula is C28H27N3O3. The fourth-order valence-corrected chi connectivity index (χ4v) is 3.67. The van der Waals surface area contributed by atoms with Crippen molar-refractivity contribution in [2.75, 3.05) is 18.6 Å². The lowest BCUT2D eigenvalue weighted by molar-refractivity contribution is -0.119. The minimum absolute atomic E-state index is 0.0991. The number of carbonyl (C=O) groups excluding carboxylic acids is 2. The standard InChI is InChI=1S/C28H27N3O3/c1-20-7-6-10-23(17-20)31(19-27(32)29-18-21-11-13-24(34-2)14-12-21)28(33)26-16-15-25(30-26)22-8-4-3-5-9-22/h3-17,30H,18-19H2,1-2H3,(H,29,32). The highest BCUT2D eigenvalue weighted by atomic mass is 16.5. The van der Waals surface area contributed by atoms with Crippen LogP contribution in [0.5, 0.6) is 5.75 Å². The molecule has 0 bridgehead atoms. The second-order valence-electron chi connectivity index (χ2n) is 8.01. The maximum atomic E-state index is 13.5. The quantitative estimate of drug-likeness (QED) is 0.396. The van der Waals surface area contributed by atoms with E-state index in [4.69, 9.17) is 4.74 Å². The van der Waals surface area contributed by atoms with Gasteiger partial charge in [0.15, 0.2) is 0 Å². The first-order valence-corrected chi connectivity index (χ1v) is 11.1. The van der Waals surface area contributed by atoms with Crippen molar-refractivity contribution in [2.24, 2.45) is 0 Å². The lowest BCUT2D eigenvalue weighted by Crippen LogP contribution is -2.41. The van der Waals surface area contributed by atoms with Gasteiger partial charge < -0.3 is 15.0 Å². The van der Waals surface area contributed by atoms with Crippen LogP contribution in [0.15, 0.2) is 91.0 Å². The zero-order chi connectivity index (χ0) is 23.9. The van der Waals surface area contributed by atoms with E-state index in [-0.39, 0.29) is 18.4 Å². The maximum absolute atomic E-state index is 13.5. The molecule has 0 atom stereocenters. The molecule has 1 heterocycles. The molecule has 0 aliphatic heterocycles. The Morgan fingerprint density at radius 1 is 0.912 bits per heavy atom. The summed E-state index contributed by atoms with van der Waals surface area (Å²) >= 11 is 0. The predicted octanol–water partition coefficient (Wildman–Crippen LogP) is 4.96. The average Bonchev–Trinajstić information content (AvgIpc) is 3.37. The van der Waals surface area contributed by atoms with E-state index in [1.807, 2.05) is 91.9 Å². The molecule has 0 saturated carbocycles. The third-order valence-corrected chi connectivity index (χ3v) is 5.51. The van der Waals surface area contributed by atoms with Crippen molar-refractivity contribution >= 4 is 17.5 Å². The molecule has 2 amide bonds. The monoisotopic (exact) mass is 453 g/mol. The number of hydrogen-bond donors (Lipinski definition) is 2. The summed E-state index contributed by atoms with van der Waals surface area (Å²) in [5, 5.41) is 2.90. The van der Waals surface area contributed by atoms with Crippen molar-refractivity contribution in [1.29, 1.82) is 0 Å². The summed E-state index contributed by atoms with van der Waals surface area (Å²) in [4.78, 5) is 31.0. The van der Waals surface area contributed by atoms with Gasteiger partial charge in [-0.05, 0) is 60.0 Å². The van der Waals surface area contributed by atoms with Crippen LogP contribution < -0.4 is 15.0 Å². The van der Waals surface area contributed by atoms with E-state index >= 15 is 0 Å². The van der Waals surface area contributed by atoms with Crippen LogP contribution in [-0.4, -0.2) is 30.5 Å². The van der Waals surface area contributed by atoms with Gasteiger partial charge in [-0.25, -0.2) is 0 Å². The number of ether oxygens (including phenoxy) is 1. The molecule has 0 unspecified atom stereocenters. The number of nitrogens with zero attached hydrogens (tertiary/aromatic N) is 1. The number of carbonyl (C=O) groups is 2. The van der Waals surface area contributed by atoms with Crippen molar-refractivity contribution in [3.05, 3.63) is 108 Å². The molecule has 6 heteroatoms. The van der Waals surface area contributed by atoms with Gasteiger partial charge in [-0.1, -0.05) is 54.6 Å². The molecule has 0 aliphatic rings. The van der Waals surface area contributed by atoms with E-state index in [1.165, 1.54) is 4.90 Å². The van der Waals surface area contributed by atoms with E-state index in [0.717, 1.165) is 28.1 Å². The normalized spacial score (nSPS) is 10.5. The summed E-state index contributed by atoms with van der Waals surface area (Å²) in [6.07, 6.45) is 0. The molecule has 0 aliphatic carbocycles. The maximum Gasteiger partial charge on any atom is 0.275 e. The Hall–Kier alpha value is -4.32.